The Kier molecular flexibility index (Phi) is 5.97. The Morgan fingerprint density at radius 3 is 1.54 bits per heavy atom. The molecule has 1 saturated carbocycles. The molecule has 2 rings (SSSR count). The molecule has 0 saturated heterocycles. The van der Waals surface area contributed by atoms with Gasteiger partial charge >= 0.3 is 0 Å². The van der Waals surface area contributed by atoms with Crippen molar-refractivity contribution < 1.29 is 0 Å². The number of hydrogen-bond donors (Lipinski definition) is 0. The Bertz CT molecular complexity index is 121. The monoisotopic (exact) mass is 180 g/mol. The summed E-state index contributed by atoms with van der Waals surface area (Å²) in [7, 11) is 0. The van der Waals surface area contributed by atoms with E-state index in [0.29, 0.717) is 0 Å². The maximum Gasteiger partial charge on any atom is -0.0351 e. The van der Waals surface area contributed by atoms with Gasteiger partial charge in [0.2, 0.25) is 0 Å². The molecule has 0 aliphatic heterocycles. The van der Waals surface area contributed by atoms with Gasteiger partial charge in [0, 0.05) is 0 Å². The van der Waals surface area contributed by atoms with Crippen molar-refractivity contribution in [1.29, 1.82) is 0 Å². The molecular weight excluding hydrogens is 156 g/mol. The van der Waals surface area contributed by atoms with E-state index in [1.807, 2.05) is 0 Å². The zero-order valence-electron chi connectivity index (χ0n) is 9.10. The van der Waals surface area contributed by atoms with Crippen LogP contribution in [0.4, 0.5) is 0 Å². The van der Waals surface area contributed by atoms with Gasteiger partial charge < -0.3 is 0 Å². The summed E-state index contributed by atoms with van der Waals surface area (Å²) in [5, 5.41) is 0. The van der Waals surface area contributed by atoms with E-state index in [9.17, 15) is 0 Å². The van der Waals surface area contributed by atoms with Crippen LogP contribution in [0.25, 0.3) is 0 Å². The van der Waals surface area contributed by atoms with Gasteiger partial charge in [-0.3, -0.25) is 0 Å². The molecule has 0 unspecified atom stereocenters. The second-order valence-electron chi connectivity index (χ2n) is 4.50. The summed E-state index contributed by atoms with van der Waals surface area (Å²) in [6.07, 6.45) is 17.4. The van der Waals surface area contributed by atoms with Crippen LogP contribution in [0.3, 0.4) is 0 Å². The van der Waals surface area contributed by atoms with E-state index in [2.05, 4.69) is 19.1 Å². The Morgan fingerprint density at radius 2 is 1.31 bits per heavy atom. The standard InChI is InChI=1S/C7H14.C6H10/c1-7-5-3-2-4-6-7;1-2-4-6-5-3-1/h7H,2-6H2,1H3;1-2H,3-6H2. The summed E-state index contributed by atoms with van der Waals surface area (Å²) < 4.78 is 0. The van der Waals surface area contributed by atoms with Crippen molar-refractivity contribution in [2.75, 3.05) is 0 Å². The van der Waals surface area contributed by atoms with E-state index in [1.54, 1.807) is 0 Å². The summed E-state index contributed by atoms with van der Waals surface area (Å²) in [4.78, 5) is 0. The third kappa shape index (κ3) is 5.90. The van der Waals surface area contributed by atoms with E-state index in [4.69, 9.17) is 0 Å². The van der Waals surface area contributed by atoms with Crippen LogP contribution in [0.1, 0.15) is 64.7 Å². The van der Waals surface area contributed by atoms with E-state index < -0.39 is 0 Å². The van der Waals surface area contributed by atoms with Crippen LogP contribution in [0.15, 0.2) is 12.2 Å². The minimum atomic E-state index is 1.04. The highest BCUT2D eigenvalue weighted by Gasteiger charge is 2.05. The second-order valence-corrected chi connectivity index (χ2v) is 4.50. The van der Waals surface area contributed by atoms with E-state index in [0.717, 1.165) is 5.92 Å². The highest BCUT2D eigenvalue weighted by atomic mass is 14.1. The van der Waals surface area contributed by atoms with Crippen LogP contribution in [0, 0.1) is 5.92 Å². The minimum absolute atomic E-state index is 1.04. The van der Waals surface area contributed by atoms with Gasteiger partial charge in [0.1, 0.15) is 0 Å². The predicted molar refractivity (Wildman–Crippen MR) is 59.9 cm³/mol. The molecule has 0 amide bonds. The van der Waals surface area contributed by atoms with Gasteiger partial charge in [-0.1, -0.05) is 51.2 Å². The van der Waals surface area contributed by atoms with Crippen molar-refractivity contribution in [3.63, 3.8) is 0 Å². The van der Waals surface area contributed by atoms with Crippen LogP contribution < -0.4 is 0 Å². The van der Waals surface area contributed by atoms with Crippen molar-refractivity contribution in [2.24, 2.45) is 5.92 Å². The van der Waals surface area contributed by atoms with E-state index in [-0.39, 0.29) is 0 Å². The third-order valence-corrected chi connectivity index (χ3v) is 3.05. The fourth-order valence-electron chi connectivity index (χ4n) is 2.07. The molecule has 0 atom stereocenters. The smallest absolute Gasteiger partial charge is 0.0351 e. The predicted octanol–water partition coefficient (Wildman–Crippen LogP) is 4.70. The molecule has 0 spiro atoms. The van der Waals surface area contributed by atoms with Crippen LogP contribution in [-0.2, 0) is 0 Å². The van der Waals surface area contributed by atoms with Crippen molar-refractivity contribution >= 4 is 0 Å². The maximum absolute atomic E-state index is 2.36. The fraction of sp³-hybridized carbons (Fsp3) is 0.846. The van der Waals surface area contributed by atoms with Gasteiger partial charge in [0.05, 0.1) is 0 Å². The third-order valence-electron chi connectivity index (χ3n) is 3.05. The van der Waals surface area contributed by atoms with Gasteiger partial charge in [-0.2, -0.15) is 0 Å². The van der Waals surface area contributed by atoms with E-state index >= 15 is 0 Å². The summed E-state index contributed by atoms with van der Waals surface area (Å²) in [5.74, 6) is 1.04. The first kappa shape index (κ1) is 10.8. The van der Waals surface area contributed by atoms with Crippen LogP contribution in [0.2, 0.25) is 0 Å². The molecule has 0 nitrogen and oxygen atoms in total. The normalized spacial score (nSPS) is 23.5. The van der Waals surface area contributed by atoms with E-state index in [1.165, 1.54) is 57.8 Å². The van der Waals surface area contributed by atoms with Gasteiger partial charge in [0.15, 0.2) is 0 Å². The molecule has 0 N–H and O–H groups in total. The lowest BCUT2D eigenvalue weighted by Gasteiger charge is -2.15. The van der Waals surface area contributed by atoms with Crippen LogP contribution in [0.5, 0.6) is 0 Å². The molecule has 2 aliphatic rings. The van der Waals surface area contributed by atoms with Crippen LogP contribution in [-0.4, -0.2) is 0 Å². The molecule has 0 heteroatoms. The number of rotatable bonds is 0. The minimum Gasteiger partial charge on any atom is -0.0885 e. The van der Waals surface area contributed by atoms with Gasteiger partial charge in [-0.05, 0) is 31.6 Å². The molecule has 13 heavy (non-hydrogen) atoms. The van der Waals surface area contributed by atoms with Gasteiger partial charge in [-0.25, -0.2) is 0 Å². The van der Waals surface area contributed by atoms with Crippen molar-refractivity contribution in [3.8, 4) is 0 Å². The first-order chi connectivity index (χ1) is 6.39. The highest BCUT2D eigenvalue weighted by molar-refractivity contribution is 4.85. The lowest BCUT2D eigenvalue weighted by atomic mass is 9.91. The summed E-state index contributed by atoms with van der Waals surface area (Å²) >= 11 is 0. The maximum atomic E-state index is 2.36. The first-order valence-electron chi connectivity index (χ1n) is 6.04. The topological polar surface area (TPSA) is 0 Å². The molecule has 0 aromatic rings. The molecule has 0 heterocycles. The molecule has 0 radical (unpaired) electrons. The SMILES string of the molecule is C1=CCCCC1.CC1CCCCC1. The largest absolute Gasteiger partial charge is 0.0885 e. The average molecular weight is 180 g/mol. The molecule has 76 valence electrons. The molecular formula is C13H24. The van der Waals surface area contributed by atoms with Gasteiger partial charge in [0.25, 0.3) is 0 Å². The van der Waals surface area contributed by atoms with Crippen molar-refractivity contribution in [2.45, 2.75) is 64.7 Å². The number of allylic oxidation sites excluding steroid dienone is 2. The quantitative estimate of drug-likeness (QED) is 0.474. The number of hydrogen-bond acceptors (Lipinski definition) is 0. The molecule has 0 aromatic carbocycles. The Morgan fingerprint density at radius 1 is 0.769 bits per heavy atom. The summed E-state index contributed by atoms with van der Waals surface area (Å²) in [6, 6.07) is 0. The lowest BCUT2D eigenvalue weighted by Crippen LogP contribution is -1.99. The molecule has 0 bridgehead atoms. The van der Waals surface area contributed by atoms with Crippen molar-refractivity contribution in [1.82, 2.24) is 0 Å². The fourth-order valence-corrected chi connectivity index (χ4v) is 2.07. The van der Waals surface area contributed by atoms with Crippen molar-refractivity contribution in [3.05, 3.63) is 12.2 Å². The lowest BCUT2D eigenvalue weighted by molar-refractivity contribution is 0.385. The summed E-state index contributed by atoms with van der Waals surface area (Å²) in [6.45, 7) is 2.36. The Balaban J connectivity index is 0.000000132. The second kappa shape index (κ2) is 7.17. The first-order valence-corrected chi connectivity index (χ1v) is 6.04. The highest BCUT2D eigenvalue weighted by Crippen LogP contribution is 2.22. The zero-order valence-corrected chi connectivity index (χ0v) is 9.10. The Hall–Kier alpha value is -0.260. The zero-order chi connectivity index (χ0) is 9.36. The molecule has 2 aliphatic carbocycles. The van der Waals surface area contributed by atoms with Crippen LogP contribution >= 0.6 is 0 Å². The molecule has 1 fully saturated rings. The Labute approximate surface area is 83.4 Å². The van der Waals surface area contributed by atoms with Gasteiger partial charge in [-0.15, -0.1) is 0 Å². The molecule has 0 aromatic heterocycles. The average Bonchev–Trinajstić information content (AvgIpc) is 2.22. The summed E-state index contributed by atoms with van der Waals surface area (Å²) in [5.41, 5.74) is 0.